The molecule has 3 aromatic rings. The van der Waals surface area contributed by atoms with E-state index in [9.17, 15) is 4.79 Å². The number of hydrogen-bond acceptors (Lipinski definition) is 3. The fraction of sp³-hybridized carbons (Fsp3) is 0.348. The van der Waals surface area contributed by atoms with E-state index in [0.717, 1.165) is 21.4 Å². The highest BCUT2D eigenvalue weighted by Crippen LogP contribution is 2.41. The first-order chi connectivity index (χ1) is 14.0. The number of hydrogen-bond donors (Lipinski definition) is 2. The third-order valence-corrected chi connectivity index (χ3v) is 6.63. The maximum atomic E-state index is 13.4. The van der Waals surface area contributed by atoms with Crippen LogP contribution in [0.5, 0.6) is 0 Å². The molecular weight excluding hydrogens is 442 g/mol. The third kappa shape index (κ3) is 3.21. The lowest BCUT2D eigenvalue weighted by Crippen LogP contribution is -2.62. The molecule has 1 fully saturated rings. The molecule has 0 radical (unpaired) electrons. The predicted octanol–water partition coefficient (Wildman–Crippen LogP) is 4.39. The number of benzene rings is 1. The highest BCUT2D eigenvalue weighted by atomic mass is 79.9. The summed E-state index contributed by atoms with van der Waals surface area (Å²) in [6.45, 7) is 8.51. The van der Waals surface area contributed by atoms with Gasteiger partial charge in [-0.1, -0.05) is 51.1 Å². The van der Waals surface area contributed by atoms with Crippen LogP contribution in [0.25, 0.3) is 5.65 Å². The third-order valence-electron chi connectivity index (χ3n) is 6.04. The van der Waals surface area contributed by atoms with Crippen LogP contribution >= 0.6 is 15.9 Å². The van der Waals surface area contributed by atoms with E-state index in [-0.39, 0.29) is 17.3 Å². The minimum absolute atomic E-state index is 0.0360. The lowest BCUT2D eigenvalue weighted by molar-refractivity contribution is -0.131. The molecule has 1 aliphatic heterocycles. The topological polar surface area (TPSA) is 73.5 Å². The van der Waals surface area contributed by atoms with Crippen molar-refractivity contribution in [3.63, 3.8) is 0 Å². The SMILES string of the molecule is CN1C(=N)N[C@](C)(c2ccc3ncc(Br)n3c2)C(c2ccc(C(C)(C)C)cc2)C1=O. The Bertz CT molecular complexity index is 1140. The first-order valence-corrected chi connectivity index (χ1v) is 10.7. The lowest BCUT2D eigenvalue weighted by atomic mass is 9.73. The number of likely N-dealkylation sites (N-methyl/N-ethyl adjacent to an activating group) is 1. The number of pyridine rings is 1. The van der Waals surface area contributed by atoms with Crippen LogP contribution in [0, 0.1) is 5.41 Å². The van der Waals surface area contributed by atoms with Crippen molar-refractivity contribution >= 4 is 33.4 Å². The quantitative estimate of drug-likeness (QED) is 0.586. The lowest BCUT2D eigenvalue weighted by Gasteiger charge is -2.46. The Kier molecular flexibility index (Phi) is 4.77. The maximum absolute atomic E-state index is 13.4. The van der Waals surface area contributed by atoms with Crippen LogP contribution in [-0.4, -0.2) is 33.2 Å². The molecule has 0 bridgehead atoms. The first-order valence-electron chi connectivity index (χ1n) is 9.90. The summed E-state index contributed by atoms with van der Waals surface area (Å²) < 4.78 is 2.78. The van der Waals surface area contributed by atoms with Crippen molar-refractivity contribution in [1.29, 1.82) is 5.41 Å². The highest BCUT2D eigenvalue weighted by Gasteiger charge is 2.48. The van der Waals surface area contributed by atoms with Crippen LogP contribution in [0.3, 0.4) is 0 Å². The minimum Gasteiger partial charge on any atom is -0.346 e. The Morgan fingerprint density at radius 3 is 2.47 bits per heavy atom. The van der Waals surface area contributed by atoms with Gasteiger partial charge in [-0.2, -0.15) is 0 Å². The molecule has 1 saturated heterocycles. The van der Waals surface area contributed by atoms with E-state index in [1.165, 1.54) is 10.5 Å². The predicted molar refractivity (Wildman–Crippen MR) is 122 cm³/mol. The Morgan fingerprint density at radius 1 is 1.17 bits per heavy atom. The zero-order valence-electron chi connectivity index (χ0n) is 17.8. The number of amides is 1. The zero-order valence-corrected chi connectivity index (χ0v) is 19.4. The van der Waals surface area contributed by atoms with Crippen LogP contribution < -0.4 is 5.32 Å². The standard InChI is InChI=1S/C23H26BrN5O/c1-22(2,3)15-8-6-14(7-9-15)19-20(30)28(5)21(25)27-23(19,4)16-10-11-18-26-12-17(24)29(18)13-16/h6-13,19H,1-5H3,(H2,25,27)/t19?,23-/m1/s1. The summed E-state index contributed by atoms with van der Waals surface area (Å²) in [4.78, 5) is 19.1. The molecule has 3 heterocycles. The molecule has 7 heteroatoms. The maximum Gasteiger partial charge on any atom is 0.239 e. The Balaban J connectivity index is 1.86. The van der Waals surface area contributed by atoms with Crippen molar-refractivity contribution in [2.75, 3.05) is 7.05 Å². The van der Waals surface area contributed by atoms with Crippen molar-refractivity contribution < 1.29 is 4.79 Å². The van der Waals surface area contributed by atoms with Gasteiger partial charge in [0.15, 0.2) is 5.96 Å². The number of fused-ring (bicyclic) bond motifs is 1. The highest BCUT2D eigenvalue weighted by molar-refractivity contribution is 9.10. The number of carbonyl (C=O) groups is 1. The van der Waals surface area contributed by atoms with E-state index in [4.69, 9.17) is 5.41 Å². The van der Waals surface area contributed by atoms with Gasteiger partial charge >= 0.3 is 0 Å². The summed E-state index contributed by atoms with van der Waals surface area (Å²) in [5, 5.41) is 11.6. The number of rotatable bonds is 2. The molecule has 6 nitrogen and oxygen atoms in total. The second-order valence-electron chi connectivity index (χ2n) is 9.11. The van der Waals surface area contributed by atoms with E-state index >= 15 is 0 Å². The van der Waals surface area contributed by atoms with Crippen molar-refractivity contribution in [3.05, 3.63) is 70.1 Å². The molecule has 0 aliphatic carbocycles. The average molecular weight is 468 g/mol. The average Bonchev–Trinajstić information content (AvgIpc) is 3.06. The molecule has 0 saturated carbocycles. The van der Waals surface area contributed by atoms with Crippen LogP contribution in [0.4, 0.5) is 0 Å². The second-order valence-corrected chi connectivity index (χ2v) is 9.92. The van der Waals surface area contributed by atoms with Crippen LogP contribution in [0.2, 0.25) is 0 Å². The second kappa shape index (κ2) is 6.94. The van der Waals surface area contributed by atoms with Gasteiger partial charge in [0.25, 0.3) is 0 Å². The van der Waals surface area contributed by atoms with Gasteiger partial charge in [-0.25, -0.2) is 4.98 Å². The van der Waals surface area contributed by atoms with E-state index < -0.39 is 11.5 Å². The van der Waals surface area contributed by atoms with Crippen molar-refractivity contribution in [1.82, 2.24) is 19.6 Å². The van der Waals surface area contributed by atoms with Gasteiger partial charge in [-0.15, -0.1) is 0 Å². The summed E-state index contributed by atoms with van der Waals surface area (Å²) in [7, 11) is 1.64. The molecular formula is C23H26BrN5O. The number of guanidine groups is 1. The largest absolute Gasteiger partial charge is 0.346 e. The van der Waals surface area contributed by atoms with Crippen molar-refractivity contribution in [2.24, 2.45) is 0 Å². The molecule has 1 unspecified atom stereocenters. The molecule has 4 rings (SSSR count). The zero-order chi connectivity index (χ0) is 21.8. The van der Waals surface area contributed by atoms with Gasteiger partial charge in [0.1, 0.15) is 10.3 Å². The molecule has 2 aromatic heterocycles. The number of halogens is 1. The van der Waals surface area contributed by atoms with E-state index in [1.54, 1.807) is 13.2 Å². The number of aromatic nitrogens is 2. The monoisotopic (exact) mass is 467 g/mol. The first kappa shape index (κ1) is 20.6. The van der Waals surface area contributed by atoms with Gasteiger partial charge in [0, 0.05) is 13.2 Å². The molecule has 2 N–H and O–H groups in total. The van der Waals surface area contributed by atoms with Gasteiger partial charge in [-0.05, 0) is 51.0 Å². The molecule has 0 spiro atoms. The smallest absolute Gasteiger partial charge is 0.239 e. The van der Waals surface area contributed by atoms with E-state index in [0.29, 0.717) is 0 Å². The van der Waals surface area contributed by atoms with Gasteiger partial charge in [0.2, 0.25) is 5.91 Å². The van der Waals surface area contributed by atoms with Crippen LogP contribution in [0.15, 0.2) is 53.4 Å². The fourth-order valence-electron chi connectivity index (χ4n) is 4.10. The number of carbonyl (C=O) groups excluding carboxylic acids is 1. The molecule has 2 atom stereocenters. The molecule has 1 aromatic carbocycles. The van der Waals surface area contributed by atoms with Crippen LogP contribution in [0.1, 0.15) is 50.3 Å². The molecule has 1 amide bonds. The number of imidazole rings is 1. The molecule has 1 aliphatic rings. The van der Waals surface area contributed by atoms with Gasteiger partial charge in [0.05, 0.1) is 17.7 Å². The molecule has 156 valence electrons. The van der Waals surface area contributed by atoms with Gasteiger partial charge < -0.3 is 5.32 Å². The number of nitrogens with zero attached hydrogens (tertiary/aromatic N) is 3. The van der Waals surface area contributed by atoms with E-state index in [2.05, 4.69) is 59.1 Å². The Hall–Kier alpha value is -2.67. The Labute approximate surface area is 184 Å². The summed E-state index contributed by atoms with van der Waals surface area (Å²) >= 11 is 3.53. The van der Waals surface area contributed by atoms with Crippen molar-refractivity contribution in [2.45, 2.75) is 44.6 Å². The summed E-state index contributed by atoms with van der Waals surface area (Å²) in [6, 6.07) is 12.2. The summed E-state index contributed by atoms with van der Waals surface area (Å²) in [5.41, 5.74) is 3.11. The minimum atomic E-state index is -0.790. The summed E-state index contributed by atoms with van der Waals surface area (Å²) in [6.07, 6.45) is 3.72. The van der Waals surface area contributed by atoms with E-state index in [1.807, 2.05) is 41.8 Å². The number of nitrogens with one attached hydrogen (secondary N) is 2. The molecule has 30 heavy (non-hydrogen) atoms. The van der Waals surface area contributed by atoms with Crippen LogP contribution in [-0.2, 0) is 15.7 Å². The fourth-order valence-corrected chi connectivity index (χ4v) is 4.49. The normalized spacial score (nSPS) is 22.5. The van der Waals surface area contributed by atoms with Gasteiger partial charge in [-0.3, -0.25) is 19.5 Å². The summed E-state index contributed by atoms with van der Waals surface area (Å²) in [5.74, 6) is -0.491. The Morgan fingerprint density at radius 2 is 1.83 bits per heavy atom. The van der Waals surface area contributed by atoms with Crippen molar-refractivity contribution in [3.8, 4) is 0 Å².